The van der Waals surface area contributed by atoms with Crippen molar-refractivity contribution in [3.05, 3.63) is 87.3 Å². The second-order valence-corrected chi connectivity index (χ2v) is 11.3. The molecule has 5 rings (SSSR count). The van der Waals surface area contributed by atoms with Gasteiger partial charge in [0, 0.05) is 43.0 Å². The van der Waals surface area contributed by atoms with Crippen molar-refractivity contribution < 1.29 is 22.8 Å². The van der Waals surface area contributed by atoms with Crippen molar-refractivity contribution in [3.8, 4) is 16.9 Å². The van der Waals surface area contributed by atoms with E-state index in [-0.39, 0.29) is 62.0 Å². The number of piperazine rings is 1. The maximum atomic E-state index is 15.4. The van der Waals surface area contributed by atoms with Crippen molar-refractivity contribution in [1.29, 1.82) is 0 Å². The predicted octanol–water partition coefficient (Wildman–Crippen LogP) is 3.96. The Morgan fingerprint density at radius 3 is 2.58 bits per heavy atom. The molecule has 4 aromatic rings. The molecule has 1 fully saturated rings. The summed E-state index contributed by atoms with van der Waals surface area (Å²) in [6, 6.07) is 6.75. The molecule has 3 aromatic heterocycles. The van der Waals surface area contributed by atoms with Crippen LogP contribution >= 0.6 is 11.6 Å². The van der Waals surface area contributed by atoms with Crippen LogP contribution in [0.25, 0.3) is 28.0 Å². The molecule has 232 valence electrons. The molecule has 0 aliphatic carbocycles. The van der Waals surface area contributed by atoms with Crippen molar-refractivity contribution in [2.45, 2.75) is 25.8 Å². The van der Waals surface area contributed by atoms with Crippen molar-refractivity contribution in [2.75, 3.05) is 37.9 Å². The number of benzene rings is 1. The summed E-state index contributed by atoms with van der Waals surface area (Å²) in [5.41, 5.74) is -1.01. The molecule has 0 N–H and O–H groups in total. The van der Waals surface area contributed by atoms with Gasteiger partial charge >= 0.3 is 5.69 Å². The third-order valence-corrected chi connectivity index (χ3v) is 8.24. The first-order chi connectivity index (χ1) is 21.5. The number of aromatic nitrogens is 4. The van der Waals surface area contributed by atoms with Crippen LogP contribution in [0, 0.1) is 12.7 Å². The van der Waals surface area contributed by atoms with E-state index in [0.717, 1.165) is 10.6 Å². The average Bonchev–Trinajstić information content (AvgIpc) is 3.01. The summed E-state index contributed by atoms with van der Waals surface area (Å²) >= 11 is 6.76. The molecule has 0 unspecified atom stereocenters. The van der Waals surface area contributed by atoms with Gasteiger partial charge < -0.3 is 14.6 Å². The lowest BCUT2D eigenvalue weighted by molar-refractivity contribution is -0.126. The number of carbonyl (C=O) groups is 2. The summed E-state index contributed by atoms with van der Waals surface area (Å²) in [7, 11) is 1.28. The largest absolute Gasteiger partial charge is 0.355 e. The van der Waals surface area contributed by atoms with Crippen LogP contribution in [0.1, 0.15) is 34.5 Å². The van der Waals surface area contributed by atoms with E-state index in [2.05, 4.69) is 16.5 Å². The topological polar surface area (TPSA) is 101 Å². The van der Waals surface area contributed by atoms with Crippen LogP contribution in [0.15, 0.2) is 54.0 Å². The Labute approximate surface area is 262 Å². The second kappa shape index (κ2) is 12.8. The lowest BCUT2D eigenvalue weighted by Gasteiger charge is -2.40. The van der Waals surface area contributed by atoms with Gasteiger partial charge in [0.05, 0.1) is 33.4 Å². The van der Waals surface area contributed by atoms with Gasteiger partial charge in [0.2, 0.25) is 5.91 Å². The van der Waals surface area contributed by atoms with Gasteiger partial charge in [-0.1, -0.05) is 30.3 Å². The summed E-state index contributed by atoms with van der Waals surface area (Å²) in [4.78, 5) is 55.6. The summed E-state index contributed by atoms with van der Waals surface area (Å²) in [6.45, 7) is 5.84. The lowest BCUT2D eigenvalue weighted by Crippen LogP contribution is -2.54. The van der Waals surface area contributed by atoms with Gasteiger partial charge in [-0.25, -0.2) is 18.7 Å². The normalized spacial score (nSPS) is 15.1. The van der Waals surface area contributed by atoms with Gasteiger partial charge in [-0.05, 0) is 43.7 Å². The molecule has 0 spiro atoms. The van der Waals surface area contributed by atoms with Crippen LogP contribution in [-0.2, 0) is 4.79 Å². The fourth-order valence-electron chi connectivity index (χ4n) is 5.71. The monoisotopic (exact) mass is 636 g/mol. The number of pyridine rings is 2. The zero-order valence-corrected chi connectivity index (χ0v) is 25.6. The molecule has 45 heavy (non-hydrogen) atoms. The average molecular weight is 637 g/mol. The first-order valence-electron chi connectivity index (χ1n) is 14.2. The molecule has 1 atom stereocenters. The Hall–Kier alpha value is -4.52. The van der Waals surface area contributed by atoms with Crippen molar-refractivity contribution in [1.82, 2.24) is 24.4 Å². The Balaban J connectivity index is 1.86. The number of amides is 1. The van der Waals surface area contributed by atoms with Crippen molar-refractivity contribution in [2.24, 2.45) is 0 Å². The van der Waals surface area contributed by atoms with Crippen molar-refractivity contribution in [3.63, 3.8) is 0 Å². The van der Waals surface area contributed by atoms with Gasteiger partial charge in [0.15, 0.2) is 13.5 Å². The molecule has 1 amide bonds. The molecule has 1 aliphatic rings. The molecule has 1 aromatic carbocycles. The van der Waals surface area contributed by atoms with Crippen LogP contribution in [0.4, 0.5) is 19.0 Å². The standard InChI is InChI=1S/C31H29BClF3N6O3/c1-4-23(43)40-10-11-41(17(3)15-40)29-20-12-21(33)26(24-19(28(32)44)6-5-7-22(24)36)38-30(20)42(31(45)39-29)27-16(2)8-9-37-25(27)18(13-34)14-35/h4-9,12,17-18H,1,10-11,13-15,32H2,2-3H3/t17-/m0/s1. The smallest absolute Gasteiger partial charge is 0.350 e. The highest BCUT2D eigenvalue weighted by molar-refractivity contribution is 6.63. The highest BCUT2D eigenvalue weighted by atomic mass is 35.5. The van der Waals surface area contributed by atoms with E-state index in [1.54, 1.807) is 17.9 Å². The van der Waals surface area contributed by atoms with E-state index in [9.17, 15) is 23.2 Å². The Morgan fingerprint density at radius 1 is 1.20 bits per heavy atom. The third-order valence-electron chi connectivity index (χ3n) is 7.95. The fraction of sp³-hybridized carbons (Fsp3) is 0.290. The number of rotatable bonds is 8. The molecule has 1 aliphatic heterocycles. The summed E-state index contributed by atoms with van der Waals surface area (Å²) < 4.78 is 44.5. The maximum Gasteiger partial charge on any atom is 0.355 e. The van der Waals surface area contributed by atoms with E-state index in [1.807, 2.05) is 11.8 Å². The quantitative estimate of drug-likeness (QED) is 0.213. The minimum absolute atomic E-state index is 0.0171. The Kier molecular flexibility index (Phi) is 9.10. The number of hydrogen-bond donors (Lipinski definition) is 0. The summed E-state index contributed by atoms with van der Waals surface area (Å²) in [5.74, 6) is -2.06. The zero-order chi connectivity index (χ0) is 32.6. The second-order valence-electron chi connectivity index (χ2n) is 10.9. The Bertz CT molecular complexity index is 1900. The van der Waals surface area contributed by atoms with E-state index >= 15 is 4.39 Å². The van der Waals surface area contributed by atoms with Gasteiger partial charge in [-0.15, -0.1) is 0 Å². The molecule has 0 saturated carbocycles. The highest BCUT2D eigenvalue weighted by Crippen LogP contribution is 2.37. The molecule has 1 saturated heterocycles. The first kappa shape index (κ1) is 31.9. The molecule has 0 bridgehead atoms. The molecule has 14 heteroatoms. The van der Waals surface area contributed by atoms with E-state index < -0.39 is 36.5 Å². The van der Waals surface area contributed by atoms with Crippen LogP contribution in [0.2, 0.25) is 5.02 Å². The minimum Gasteiger partial charge on any atom is -0.350 e. The molecular weight excluding hydrogens is 608 g/mol. The molecular formula is C31H29BClF3N6O3. The van der Waals surface area contributed by atoms with Crippen LogP contribution in [0.5, 0.6) is 0 Å². The molecule has 0 radical (unpaired) electrons. The number of alkyl halides is 2. The number of anilines is 1. The van der Waals surface area contributed by atoms with Crippen LogP contribution in [0.3, 0.4) is 0 Å². The van der Waals surface area contributed by atoms with Gasteiger partial charge in [0.25, 0.3) is 0 Å². The fourth-order valence-corrected chi connectivity index (χ4v) is 5.96. The minimum atomic E-state index is -1.28. The SMILES string of the molecule is BC(=O)c1cccc(F)c1-c1nc2c(cc1Cl)c(N1CCN(C(=O)C=C)C[C@@H]1C)nc(=O)n2-c1c(C)ccnc1C(CF)CF. The lowest BCUT2D eigenvalue weighted by atomic mass is 9.89. The van der Waals surface area contributed by atoms with Crippen LogP contribution in [-0.4, -0.2) is 82.9 Å². The zero-order valence-electron chi connectivity index (χ0n) is 24.9. The van der Waals surface area contributed by atoms with Gasteiger partial charge in [-0.3, -0.25) is 18.6 Å². The van der Waals surface area contributed by atoms with E-state index in [0.29, 0.717) is 25.2 Å². The van der Waals surface area contributed by atoms with Gasteiger partial charge in [0.1, 0.15) is 30.7 Å². The first-order valence-corrected chi connectivity index (χ1v) is 14.6. The number of fused-ring (bicyclic) bond motifs is 1. The number of halogens is 4. The molecule has 4 heterocycles. The van der Waals surface area contributed by atoms with Crippen LogP contribution < -0.4 is 10.6 Å². The maximum absolute atomic E-state index is 15.4. The number of hydrogen-bond acceptors (Lipinski definition) is 7. The van der Waals surface area contributed by atoms with E-state index in [4.69, 9.17) is 16.6 Å². The van der Waals surface area contributed by atoms with E-state index in [1.165, 1.54) is 38.3 Å². The number of carbonyl (C=O) groups excluding carboxylic acids is 2. The Morgan fingerprint density at radius 2 is 1.93 bits per heavy atom. The number of aryl methyl sites for hydroxylation is 1. The highest BCUT2D eigenvalue weighted by Gasteiger charge is 2.31. The number of nitrogens with zero attached hydrogens (tertiary/aromatic N) is 6. The summed E-state index contributed by atoms with van der Waals surface area (Å²) in [5, 5.41) is 0.260. The van der Waals surface area contributed by atoms with Crippen molar-refractivity contribution >= 4 is 47.9 Å². The van der Waals surface area contributed by atoms with Gasteiger partial charge in [-0.2, -0.15) is 4.98 Å². The predicted molar refractivity (Wildman–Crippen MR) is 169 cm³/mol. The third kappa shape index (κ3) is 5.72. The summed E-state index contributed by atoms with van der Waals surface area (Å²) in [6.07, 6.45) is 2.62. The molecule has 9 nitrogen and oxygen atoms in total.